The number of aryl methyl sites for hydroxylation is 1. The molecule has 0 radical (unpaired) electrons. The monoisotopic (exact) mass is 190 g/mol. The van der Waals surface area contributed by atoms with Crippen molar-refractivity contribution in [2.45, 2.75) is 0 Å². The van der Waals surface area contributed by atoms with E-state index in [-0.39, 0.29) is 16.6 Å². The fourth-order valence-corrected chi connectivity index (χ4v) is 1.15. The highest BCUT2D eigenvalue weighted by atomic mass is 35.5. The van der Waals surface area contributed by atoms with Gasteiger partial charge in [0.1, 0.15) is 5.02 Å². The molecule has 12 heavy (non-hydrogen) atoms. The van der Waals surface area contributed by atoms with E-state index in [0.29, 0.717) is 0 Å². The summed E-state index contributed by atoms with van der Waals surface area (Å²) < 4.78 is 5.89. The van der Waals surface area contributed by atoms with Crippen molar-refractivity contribution < 1.29 is 14.6 Å². The molecule has 0 aliphatic carbocycles. The van der Waals surface area contributed by atoms with Gasteiger partial charge in [0.15, 0.2) is 5.69 Å². The van der Waals surface area contributed by atoms with Crippen LogP contribution in [0.15, 0.2) is 0 Å². The molecule has 1 aromatic rings. The molecule has 0 bridgehead atoms. The molecule has 0 spiro atoms. The fourth-order valence-electron chi connectivity index (χ4n) is 0.836. The highest BCUT2D eigenvalue weighted by molar-refractivity contribution is 6.34. The Morgan fingerprint density at radius 3 is 2.58 bits per heavy atom. The average molecular weight is 191 g/mol. The minimum Gasteiger partial charge on any atom is -0.479 e. The van der Waals surface area contributed by atoms with Crippen molar-refractivity contribution >= 4 is 17.6 Å². The third kappa shape index (κ3) is 1.23. The Morgan fingerprint density at radius 2 is 2.33 bits per heavy atom. The maximum absolute atomic E-state index is 10.6. The molecule has 0 saturated heterocycles. The van der Waals surface area contributed by atoms with E-state index in [0.717, 1.165) is 4.68 Å². The predicted octanol–water partition coefficient (Wildman–Crippen LogP) is 0.780. The summed E-state index contributed by atoms with van der Waals surface area (Å²) in [6, 6.07) is 0. The van der Waals surface area contributed by atoms with Gasteiger partial charge in [0.2, 0.25) is 0 Å². The molecular weight excluding hydrogens is 184 g/mol. The van der Waals surface area contributed by atoms with Crippen LogP contribution in [0.25, 0.3) is 0 Å². The molecule has 0 aromatic carbocycles. The van der Waals surface area contributed by atoms with Gasteiger partial charge in [-0.25, -0.2) is 4.79 Å². The number of rotatable bonds is 2. The van der Waals surface area contributed by atoms with Gasteiger partial charge in [-0.2, -0.15) is 0 Å². The molecule has 0 aliphatic heterocycles. The largest absolute Gasteiger partial charge is 0.479 e. The van der Waals surface area contributed by atoms with E-state index in [4.69, 9.17) is 21.4 Å². The molecule has 1 N–H and O–H groups in total. The minimum absolute atomic E-state index is 0.0208. The standard InChI is InChI=1S/C6H7ClN2O3/c1-9-4(6(10)11)3(7)5(8-9)12-2/h1-2H3,(H,10,11). The zero-order valence-corrected chi connectivity index (χ0v) is 7.29. The van der Waals surface area contributed by atoms with E-state index in [9.17, 15) is 4.79 Å². The van der Waals surface area contributed by atoms with Crippen LogP contribution >= 0.6 is 11.6 Å². The van der Waals surface area contributed by atoms with Crippen molar-refractivity contribution in [2.24, 2.45) is 7.05 Å². The first-order valence-electron chi connectivity index (χ1n) is 3.07. The Kier molecular flexibility index (Phi) is 2.23. The lowest BCUT2D eigenvalue weighted by Crippen LogP contribution is -2.05. The van der Waals surface area contributed by atoms with Crippen molar-refractivity contribution in [3.8, 4) is 5.88 Å². The number of aromatic carboxylic acids is 1. The summed E-state index contributed by atoms with van der Waals surface area (Å²) in [5, 5.41) is 12.4. The first-order valence-corrected chi connectivity index (χ1v) is 3.45. The molecule has 0 saturated carbocycles. The third-order valence-corrected chi connectivity index (χ3v) is 1.70. The summed E-state index contributed by atoms with van der Waals surface area (Å²) in [5.74, 6) is -1.00. The number of carbonyl (C=O) groups is 1. The molecular formula is C6H7ClN2O3. The van der Waals surface area contributed by atoms with Crippen LogP contribution in [-0.4, -0.2) is 28.0 Å². The van der Waals surface area contributed by atoms with Crippen molar-refractivity contribution in [1.82, 2.24) is 9.78 Å². The quantitative estimate of drug-likeness (QED) is 0.749. The summed E-state index contributed by atoms with van der Waals surface area (Å²) in [7, 11) is 2.86. The maximum Gasteiger partial charge on any atom is 0.355 e. The molecule has 0 atom stereocenters. The molecule has 1 aromatic heterocycles. The normalized spacial score (nSPS) is 9.92. The molecule has 0 fully saturated rings. The molecule has 66 valence electrons. The van der Waals surface area contributed by atoms with Gasteiger partial charge in [-0.1, -0.05) is 11.6 Å². The van der Waals surface area contributed by atoms with Crippen LogP contribution in [0, 0.1) is 0 Å². The van der Waals surface area contributed by atoms with E-state index >= 15 is 0 Å². The van der Waals surface area contributed by atoms with Crippen molar-refractivity contribution in [3.05, 3.63) is 10.7 Å². The molecule has 6 heteroatoms. The number of aromatic nitrogens is 2. The molecule has 0 amide bonds. The smallest absolute Gasteiger partial charge is 0.355 e. The van der Waals surface area contributed by atoms with Gasteiger partial charge in [0.05, 0.1) is 7.11 Å². The fraction of sp³-hybridized carbons (Fsp3) is 0.333. The summed E-state index contributed by atoms with van der Waals surface area (Å²) in [5.41, 5.74) is -0.0754. The number of hydrogen-bond acceptors (Lipinski definition) is 3. The second-order valence-electron chi connectivity index (χ2n) is 2.10. The van der Waals surface area contributed by atoms with Gasteiger partial charge in [0, 0.05) is 7.05 Å². The lowest BCUT2D eigenvalue weighted by atomic mass is 10.4. The van der Waals surface area contributed by atoms with Crippen molar-refractivity contribution in [1.29, 1.82) is 0 Å². The number of nitrogens with zero attached hydrogens (tertiary/aromatic N) is 2. The van der Waals surface area contributed by atoms with Gasteiger partial charge < -0.3 is 9.84 Å². The zero-order valence-electron chi connectivity index (χ0n) is 6.54. The molecule has 0 unspecified atom stereocenters. The summed E-state index contributed by atoms with van der Waals surface area (Å²) >= 11 is 5.64. The lowest BCUT2D eigenvalue weighted by molar-refractivity contribution is 0.0685. The Bertz CT molecular complexity index is 321. The number of hydrogen-bond donors (Lipinski definition) is 1. The Balaban J connectivity index is 3.28. The summed E-state index contributed by atoms with van der Waals surface area (Å²) in [6.07, 6.45) is 0. The predicted molar refractivity (Wildman–Crippen MR) is 41.7 cm³/mol. The molecule has 5 nitrogen and oxygen atoms in total. The maximum atomic E-state index is 10.6. The van der Waals surface area contributed by atoms with Crippen molar-refractivity contribution in [2.75, 3.05) is 7.11 Å². The zero-order chi connectivity index (χ0) is 9.30. The summed E-state index contributed by atoms with van der Waals surface area (Å²) in [4.78, 5) is 10.6. The van der Waals surface area contributed by atoms with Crippen LogP contribution in [0.3, 0.4) is 0 Å². The SMILES string of the molecule is COc1nn(C)c(C(=O)O)c1Cl. The highest BCUT2D eigenvalue weighted by Crippen LogP contribution is 2.26. The van der Waals surface area contributed by atoms with Gasteiger partial charge in [-0.3, -0.25) is 4.68 Å². The van der Waals surface area contributed by atoms with Gasteiger partial charge in [0.25, 0.3) is 5.88 Å². The number of carboxylic acids is 1. The number of halogens is 1. The van der Waals surface area contributed by atoms with E-state index < -0.39 is 5.97 Å². The van der Waals surface area contributed by atoms with E-state index in [1.165, 1.54) is 14.2 Å². The number of methoxy groups -OCH3 is 1. The van der Waals surface area contributed by atoms with Gasteiger partial charge in [-0.05, 0) is 0 Å². The van der Waals surface area contributed by atoms with Crippen LogP contribution in [0.1, 0.15) is 10.5 Å². The van der Waals surface area contributed by atoms with E-state index in [1.807, 2.05) is 0 Å². The first kappa shape index (κ1) is 8.86. The number of ether oxygens (including phenoxy) is 1. The van der Waals surface area contributed by atoms with Crippen LogP contribution in [0.2, 0.25) is 5.02 Å². The van der Waals surface area contributed by atoms with Crippen LogP contribution in [0.5, 0.6) is 5.88 Å². The van der Waals surface area contributed by atoms with Crippen LogP contribution < -0.4 is 4.74 Å². The minimum atomic E-state index is -1.13. The first-order chi connectivity index (χ1) is 5.57. The average Bonchev–Trinajstić information content (AvgIpc) is 2.25. The van der Waals surface area contributed by atoms with Gasteiger partial charge >= 0.3 is 5.97 Å². The second-order valence-corrected chi connectivity index (χ2v) is 2.48. The van der Waals surface area contributed by atoms with Crippen LogP contribution in [0.4, 0.5) is 0 Å². The lowest BCUT2D eigenvalue weighted by Gasteiger charge is -1.92. The molecule has 0 aliphatic rings. The highest BCUT2D eigenvalue weighted by Gasteiger charge is 2.20. The van der Waals surface area contributed by atoms with E-state index in [2.05, 4.69) is 5.10 Å². The van der Waals surface area contributed by atoms with E-state index in [1.54, 1.807) is 0 Å². The van der Waals surface area contributed by atoms with Crippen molar-refractivity contribution in [3.63, 3.8) is 0 Å². The Morgan fingerprint density at radius 1 is 1.75 bits per heavy atom. The molecule has 1 heterocycles. The third-order valence-electron chi connectivity index (χ3n) is 1.36. The Hall–Kier alpha value is -1.23. The summed E-state index contributed by atoms with van der Waals surface area (Å²) in [6.45, 7) is 0. The van der Waals surface area contributed by atoms with Gasteiger partial charge in [-0.15, -0.1) is 5.10 Å². The topological polar surface area (TPSA) is 64.4 Å². The Labute approximate surface area is 73.5 Å². The van der Waals surface area contributed by atoms with Crippen LogP contribution in [-0.2, 0) is 7.05 Å². The number of carboxylic acid groups (broad SMARTS) is 1. The second kappa shape index (κ2) is 3.02. The molecule has 1 rings (SSSR count).